The SMILES string of the molecule is CC1(O)CCCN(C(N)=NC2CCCC2)CC1. The molecule has 2 rings (SSSR count). The number of hydrogen-bond donors (Lipinski definition) is 2. The third kappa shape index (κ3) is 3.60. The van der Waals surface area contributed by atoms with Crippen molar-refractivity contribution in [2.75, 3.05) is 13.1 Å². The van der Waals surface area contributed by atoms with Gasteiger partial charge in [-0.1, -0.05) is 12.8 Å². The van der Waals surface area contributed by atoms with E-state index in [1.54, 1.807) is 0 Å². The van der Waals surface area contributed by atoms with E-state index in [1.165, 1.54) is 25.7 Å². The quantitative estimate of drug-likeness (QED) is 0.538. The molecule has 1 saturated heterocycles. The Morgan fingerprint density at radius 2 is 1.94 bits per heavy atom. The van der Waals surface area contributed by atoms with Crippen LogP contribution in [0.3, 0.4) is 0 Å². The zero-order valence-electron chi connectivity index (χ0n) is 10.9. The minimum atomic E-state index is -0.525. The van der Waals surface area contributed by atoms with E-state index in [1.807, 2.05) is 6.92 Å². The second-order valence-electron chi connectivity index (χ2n) is 5.76. The number of likely N-dealkylation sites (tertiary alicyclic amines) is 1. The molecule has 0 amide bonds. The van der Waals surface area contributed by atoms with Crippen LogP contribution in [-0.4, -0.2) is 40.7 Å². The van der Waals surface area contributed by atoms with E-state index in [4.69, 9.17) is 5.73 Å². The third-order valence-corrected chi connectivity index (χ3v) is 4.03. The molecule has 1 saturated carbocycles. The number of rotatable bonds is 1. The van der Waals surface area contributed by atoms with Gasteiger partial charge in [0.2, 0.25) is 0 Å². The van der Waals surface area contributed by atoms with E-state index >= 15 is 0 Å². The Morgan fingerprint density at radius 3 is 2.65 bits per heavy atom. The van der Waals surface area contributed by atoms with Gasteiger partial charge >= 0.3 is 0 Å². The van der Waals surface area contributed by atoms with Crippen molar-refractivity contribution >= 4 is 5.96 Å². The van der Waals surface area contributed by atoms with Crippen molar-refractivity contribution in [2.45, 2.75) is 63.5 Å². The van der Waals surface area contributed by atoms with Crippen LogP contribution >= 0.6 is 0 Å². The standard InChI is InChI=1S/C13H25N3O/c1-13(17)7-4-9-16(10-8-13)12(14)15-11-5-2-3-6-11/h11,17H,2-10H2,1H3,(H2,14,15). The summed E-state index contributed by atoms with van der Waals surface area (Å²) in [4.78, 5) is 6.77. The Labute approximate surface area is 104 Å². The molecule has 2 aliphatic rings. The smallest absolute Gasteiger partial charge is 0.191 e. The lowest BCUT2D eigenvalue weighted by Gasteiger charge is -2.23. The lowest BCUT2D eigenvalue weighted by molar-refractivity contribution is 0.0462. The number of nitrogens with two attached hydrogens (primary N) is 1. The highest BCUT2D eigenvalue weighted by Crippen LogP contribution is 2.23. The number of hydrogen-bond acceptors (Lipinski definition) is 2. The van der Waals surface area contributed by atoms with Crippen LogP contribution in [0.15, 0.2) is 4.99 Å². The van der Waals surface area contributed by atoms with Crippen molar-refractivity contribution in [1.29, 1.82) is 0 Å². The van der Waals surface area contributed by atoms with Crippen LogP contribution in [0.25, 0.3) is 0 Å². The fourth-order valence-electron chi connectivity index (χ4n) is 2.79. The van der Waals surface area contributed by atoms with Crippen LogP contribution in [-0.2, 0) is 0 Å². The Kier molecular flexibility index (Phi) is 3.92. The number of guanidine groups is 1. The first-order valence-electron chi connectivity index (χ1n) is 6.87. The topological polar surface area (TPSA) is 61.8 Å². The Bertz CT molecular complexity index is 282. The molecule has 1 heterocycles. The van der Waals surface area contributed by atoms with Crippen molar-refractivity contribution in [3.63, 3.8) is 0 Å². The Hall–Kier alpha value is -0.770. The molecule has 0 aromatic heterocycles. The number of aliphatic imine (C=N–C) groups is 1. The predicted octanol–water partition coefficient (Wildman–Crippen LogP) is 1.48. The van der Waals surface area contributed by atoms with Crippen molar-refractivity contribution in [2.24, 2.45) is 10.7 Å². The van der Waals surface area contributed by atoms with Gasteiger partial charge < -0.3 is 15.7 Å². The third-order valence-electron chi connectivity index (χ3n) is 4.03. The first-order valence-corrected chi connectivity index (χ1v) is 6.87. The molecule has 2 fully saturated rings. The molecule has 1 atom stereocenters. The van der Waals surface area contributed by atoms with Crippen LogP contribution in [0.2, 0.25) is 0 Å². The van der Waals surface area contributed by atoms with Crippen LogP contribution in [0, 0.1) is 0 Å². The molecule has 1 unspecified atom stereocenters. The van der Waals surface area contributed by atoms with Crippen LogP contribution in [0.1, 0.15) is 51.9 Å². The fraction of sp³-hybridized carbons (Fsp3) is 0.923. The summed E-state index contributed by atoms with van der Waals surface area (Å²) < 4.78 is 0. The van der Waals surface area contributed by atoms with Gasteiger partial charge in [0.1, 0.15) is 0 Å². The molecular formula is C13H25N3O. The van der Waals surface area contributed by atoms with E-state index < -0.39 is 5.60 Å². The molecule has 0 aromatic rings. The molecule has 98 valence electrons. The van der Waals surface area contributed by atoms with Gasteiger partial charge in [0.15, 0.2) is 5.96 Å². The highest BCUT2D eigenvalue weighted by Gasteiger charge is 2.26. The lowest BCUT2D eigenvalue weighted by Crippen LogP contribution is -2.39. The van der Waals surface area contributed by atoms with Crippen LogP contribution in [0.5, 0.6) is 0 Å². The van der Waals surface area contributed by atoms with E-state index in [0.717, 1.165) is 32.4 Å². The molecule has 1 aliphatic heterocycles. The molecule has 0 radical (unpaired) electrons. The summed E-state index contributed by atoms with van der Waals surface area (Å²) in [7, 11) is 0. The Morgan fingerprint density at radius 1 is 1.24 bits per heavy atom. The predicted molar refractivity (Wildman–Crippen MR) is 69.9 cm³/mol. The zero-order valence-corrected chi connectivity index (χ0v) is 10.9. The van der Waals surface area contributed by atoms with Gasteiger partial charge in [-0.15, -0.1) is 0 Å². The first kappa shape index (κ1) is 12.7. The largest absolute Gasteiger partial charge is 0.390 e. The van der Waals surface area contributed by atoms with Gasteiger partial charge in [-0.3, -0.25) is 0 Å². The average Bonchev–Trinajstić information content (AvgIpc) is 2.68. The van der Waals surface area contributed by atoms with Crippen molar-refractivity contribution in [3.05, 3.63) is 0 Å². The Balaban J connectivity index is 1.92. The zero-order chi connectivity index (χ0) is 12.3. The number of aliphatic hydroxyl groups is 1. The minimum Gasteiger partial charge on any atom is -0.390 e. The van der Waals surface area contributed by atoms with Gasteiger partial charge in [0, 0.05) is 13.1 Å². The molecule has 0 spiro atoms. The molecule has 4 heteroatoms. The summed E-state index contributed by atoms with van der Waals surface area (Å²) in [5, 5.41) is 10.0. The van der Waals surface area contributed by atoms with E-state index in [9.17, 15) is 5.11 Å². The van der Waals surface area contributed by atoms with Crippen molar-refractivity contribution in [3.8, 4) is 0 Å². The van der Waals surface area contributed by atoms with Crippen molar-refractivity contribution in [1.82, 2.24) is 4.90 Å². The second-order valence-corrected chi connectivity index (χ2v) is 5.76. The summed E-state index contributed by atoms with van der Waals surface area (Å²) in [6.07, 6.45) is 7.59. The van der Waals surface area contributed by atoms with E-state index in [0.29, 0.717) is 12.0 Å². The molecule has 17 heavy (non-hydrogen) atoms. The summed E-state index contributed by atoms with van der Waals surface area (Å²) in [6, 6.07) is 0.443. The first-order chi connectivity index (χ1) is 8.07. The van der Waals surface area contributed by atoms with Gasteiger partial charge in [-0.25, -0.2) is 4.99 Å². The number of nitrogens with zero attached hydrogens (tertiary/aromatic N) is 2. The van der Waals surface area contributed by atoms with Gasteiger partial charge in [0.25, 0.3) is 0 Å². The summed E-state index contributed by atoms with van der Waals surface area (Å²) >= 11 is 0. The van der Waals surface area contributed by atoms with E-state index in [-0.39, 0.29) is 0 Å². The molecule has 0 bridgehead atoms. The summed E-state index contributed by atoms with van der Waals surface area (Å²) in [6.45, 7) is 3.67. The lowest BCUT2D eigenvalue weighted by atomic mass is 9.98. The maximum absolute atomic E-state index is 10.0. The maximum atomic E-state index is 10.0. The molecule has 1 aliphatic carbocycles. The monoisotopic (exact) mass is 239 g/mol. The van der Waals surface area contributed by atoms with Crippen LogP contribution in [0.4, 0.5) is 0 Å². The second kappa shape index (κ2) is 5.25. The highest BCUT2D eigenvalue weighted by molar-refractivity contribution is 5.78. The minimum absolute atomic E-state index is 0.443. The average molecular weight is 239 g/mol. The highest BCUT2D eigenvalue weighted by atomic mass is 16.3. The maximum Gasteiger partial charge on any atom is 0.191 e. The van der Waals surface area contributed by atoms with Crippen LogP contribution < -0.4 is 5.73 Å². The summed E-state index contributed by atoms with van der Waals surface area (Å²) in [5.74, 6) is 0.689. The van der Waals surface area contributed by atoms with Crippen molar-refractivity contribution < 1.29 is 5.11 Å². The van der Waals surface area contributed by atoms with Gasteiger partial charge in [-0.2, -0.15) is 0 Å². The van der Waals surface area contributed by atoms with Gasteiger partial charge in [-0.05, 0) is 39.0 Å². The van der Waals surface area contributed by atoms with Gasteiger partial charge in [0.05, 0.1) is 11.6 Å². The van der Waals surface area contributed by atoms with E-state index in [2.05, 4.69) is 9.89 Å². The molecule has 4 nitrogen and oxygen atoms in total. The molecular weight excluding hydrogens is 214 g/mol. The molecule has 0 aromatic carbocycles. The summed E-state index contributed by atoms with van der Waals surface area (Å²) in [5.41, 5.74) is 5.56. The fourth-order valence-corrected chi connectivity index (χ4v) is 2.79. The normalized spacial score (nSPS) is 32.8. The molecule has 3 N–H and O–H groups in total.